The third kappa shape index (κ3) is 3.83. The number of hydrogen-bond acceptors (Lipinski definition) is 4. The number of pyridine rings is 1. The molecule has 1 saturated heterocycles. The van der Waals surface area contributed by atoms with E-state index < -0.39 is 23.8 Å². The number of carbonyl (C=O) groups excluding carboxylic acids is 1. The SMILES string of the molecule is C[C@H](NC(=O)C1CC(O)CN1)c1ccc(-c2c(F)cccc2F)nc1. The Morgan fingerprint density at radius 1 is 1.32 bits per heavy atom. The monoisotopic (exact) mass is 347 g/mol. The van der Waals surface area contributed by atoms with Crippen LogP contribution in [-0.4, -0.2) is 34.7 Å². The molecule has 2 unspecified atom stereocenters. The molecule has 1 aromatic heterocycles. The molecule has 2 aromatic rings. The summed E-state index contributed by atoms with van der Waals surface area (Å²) < 4.78 is 27.6. The number of benzene rings is 1. The molecular formula is C18H19F2N3O2. The summed E-state index contributed by atoms with van der Waals surface area (Å²) in [5.74, 6) is -1.55. The zero-order chi connectivity index (χ0) is 18.0. The van der Waals surface area contributed by atoms with Crippen molar-refractivity contribution in [2.45, 2.75) is 31.5 Å². The van der Waals surface area contributed by atoms with Crippen LogP contribution in [0.5, 0.6) is 0 Å². The fourth-order valence-electron chi connectivity index (χ4n) is 2.87. The molecule has 1 aromatic carbocycles. The predicted octanol–water partition coefficient (Wildman–Crippen LogP) is 1.93. The average molecular weight is 347 g/mol. The second-order valence-electron chi connectivity index (χ2n) is 6.15. The van der Waals surface area contributed by atoms with Crippen LogP contribution < -0.4 is 10.6 Å². The van der Waals surface area contributed by atoms with Crippen LogP contribution in [0, 0.1) is 11.6 Å². The lowest BCUT2D eigenvalue weighted by Gasteiger charge is -2.17. The van der Waals surface area contributed by atoms with Crippen LogP contribution in [0.1, 0.15) is 24.9 Å². The second kappa shape index (κ2) is 7.25. The maximum Gasteiger partial charge on any atom is 0.237 e. The van der Waals surface area contributed by atoms with Gasteiger partial charge in [0.15, 0.2) is 0 Å². The van der Waals surface area contributed by atoms with Crippen molar-refractivity contribution in [3.63, 3.8) is 0 Å². The van der Waals surface area contributed by atoms with Gasteiger partial charge in [0.05, 0.1) is 29.4 Å². The number of carbonyl (C=O) groups is 1. The Morgan fingerprint density at radius 3 is 2.60 bits per heavy atom. The molecule has 3 atom stereocenters. The number of halogens is 2. The number of aliphatic hydroxyl groups is 1. The summed E-state index contributed by atoms with van der Waals surface area (Å²) in [7, 11) is 0. The van der Waals surface area contributed by atoms with E-state index >= 15 is 0 Å². The summed E-state index contributed by atoms with van der Waals surface area (Å²) in [6.07, 6.45) is 1.36. The van der Waals surface area contributed by atoms with Crippen LogP contribution in [0.15, 0.2) is 36.5 Å². The molecule has 1 amide bonds. The van der Waals surface area contributed by atoms with Crippen LogP contribution in [0.25, 0.3) is 11.3 Å². The van der Waals surface area contributed by atoms with Crippen molar-refractivity contribution >= 4 is 5.91 Å². The third-order valence-corrected chi connectivity index (χ3v) is 4.29. The maximum absolute atomic E-state index is 13.8. The third-order valence-electron chi connectivity index (χ3n) is 4.29. The van der Waals surface area contributed by atoms with Crippen LogP contribution >= 0.6 is 0 Å². The number of hydrogen-bond donors (Lipinski definition) is 3. The Morgan fingerprint density at radius 2 is 2.04 bits per heavy atom. The maximum atomic E-state index is 13.8. The van der Waals surface area contributed by atoms with Gasteiger partial charge in [-0.25, -0.2) is 8.78 Å². The minimum absolute atomic E-state index is 0.171. The van der Waals surface area contributed by atoms with Crippen molar-refractivity contribution in [3.05, 3.63) is 53.7 Å². The van der Waals surface area contributed by atoms with Gasteiger partial charge in [0.1, 0.15) is 11.6 Å². The quantitative estimate of drug-likeness (QED) is 0.790. The lowest BCUT2D eigenvalue weighted by Crippen LogP contribution is -2.41. The smallest absolute Gasteiger partial charge is 0.237 e. The Hall–Kier alpha value is -2.38. The number of amides is 1. The molecule has 5 nitrogen and oxygen atoms in total. The number of nitrogens with zero attached hydrogens (tertiary/aromatic N) is 1. The zero-order valence-corrected chi connectivity index (χ0v) is 13.7. The molecule has 1 fully saturated rings. The first kappa shape index (κ1) is 17.4. The molecule has 0 aliphatic carbocycles. The van der Waals surface area contributed by atoms with E-state index in [1.807, 2.05) is 0 Å². The summed E-state index contributed by atoms with van der Waals surface area (Å²) in [6, 6.07) is 6.12. The Kier molecular flexibility index (Phi) is 5.06. The largest absolute Gasteiger partial charge is 0.392 e. The molecule has 0 saturated carbocycles. The van der Waals surface area contributed by atoms with Crippen molar-refractivity contribution in [1.29, 1.82) is 0 Å². The highest BCUT2D eigenvalue weighted by Gasteiger charge is 2.28. The van der Waals surface area contributed by atoms with Crippen molar-refractivity contribution in [1.82, 2.24) is 15.6 Å². The molecule has 0 radical (unpaired) electrons. The first-order valence-electron chi connectivity index (χ1n) is 8.08. The van der Waals surface area contributed by atoms with E-state index in [0.717, 1.165) is 0 Å². The van der Waals surface area contributed by atoms with Crippen LogP contribution in [-0.2, 0) is 4.79 Å². The van der Waals surface area contributed by atoms with E-state index in [9.17, 15) is 18.7 Å². The van der Waals surface area contributed by atoms with E-state index in [0.29, 0.717) is 18.5 Å². The lowest BCUT2D eigenvalue weighted by molar-refractivity contribution is -0.123. The summed E-state index contributed by atoms with van der Waals surface area (Å²) in [4.78, 5) is 16.3. The highest BCUT2D eigenvalue weighted by Crippen LogP contribution is 2.25. The zero-order valence-electron chi connectivity index (χ0n) is 13.7. The number of nitrogens with one attached hydrogen (secondary N) is 2. The average Bonchev–Trinajstić information content (AvgIpc) is 3.02. The van der Waals surface area contributed by atoms with Gasteiger partial charge >= 0.3 is 0 Å². The predicted molar refractivity (Wildman–Crippen MR) is 88.6 cm³/mol. The van der Waals surface area contributed by atoms with E-state index in [-0.39, 0.29) is 23.2 Å². The molecular weight excluding hydrogens is 328 g/mol. The van der Waals surface area contributed by atoms with Crippen molar-refractivity contribution in [3.8, 4) is 11.3 Å². The van der Waals surface area contributed by atoms with E-state index in [1.165, 1.54) is 30.5 Å². The van der Waals surface area contributed by atoms with Gasteiger partial charge in [-0.15, -0.1) is 0 Å². The van der Waals surface area contributed by atoms with Gasteiger partial charge < -0.3 is 15.7 Å². The molecule has 0 bridgehead atoms. The van der Waals surface area contributed by atoms with Crippen molar-refractivity contribution in [2.75, 3.05) is 6.54 Å². The molecule has 0 spiro atoms. The Balaban J connectivity index is 1.70. The van der Waals surface area contributed by atoms with Gasteiger partial charge in [-0.2, -0.15) is 0 Å². The van der Waals surface area contributed by atoms with Crippen LogP contribution in [0.3, 0.4) is 0 Å². The van der Waals surface area contributed by atoms with E-state index in [2.05, 4.69) is 15.6 Å². The summed E-state index contributed by atoms with van der Waals surface area (Å²) in [5.41, 5.74) is 0.737. The highest BCUT2D eigenvalue weighted by atomic mass is 19.1. The summed E-state index contributed by atoms with van der Waals surface area (Å²) in [5, 5.41) is 15.3. The molecule has 1 aliphatic heterocycles. The minimum Gasteiger partial charge on any atom is -0.392 e. The molecule has 132 valence electrons. The minimum atomic E-state index is -0.674. The van der Waals surface area contributed by atoms with E-state index in [4.69, 9.17) is 0 Å². The van der Waals surface area contributed by atoms with Gasteiger partial charge in [-0.1, -0.05) is 12.1 Å². The number of aromatic nitrogens is 1. The van der Waals surface area contributed by atoms with Gasteiger partial charge in [-0.3, -0.25) is 9.78 Å². The molecule has 25 heavy (non-hydrogen) atoms. The fourth-order valence-corrected chi connectivity index (χ4v) is 2.87. The number of β-amino-alcohol motifs (C(OH)–C–C–N with tert-alkyl or cyclic N) is 1. The summed E-state index contributed by atoms with van der Waals surface area (Å²) >= 11 is 0. The molecule has 7 heteroatoms. The normalized spacial score (nSPS) is 21.1. The molecule has 3 N–H and O–H groups in total. The second-order valence-corrected chi connectivity index (χ2v) is 6.15. The van der Waals surface area contributed by atoms with Crippen molar-refractivity contribution < 1.29 is 18.7 Å². The summed E-state index contributed by atoms with van der Waals surface area (Å²) in [6.45, 7) is 2.20. The topological polar surface area (TPSA) is 74.2 Å². The lowest BCUT2D eigenvalue weighted by atomic mass is 10.1. The first-order valence-corrected chi connectivity index (χ1v) is 8.08. The number of aliphatic hydroxyl groups excluding tert-OH is 1. The van der Waals surface area contributed by atoms with Crippen molar-refractivity contribution in [2.24, 2.45) is 0 Å². The van der Waals surface area contributed by atoms with Crippen LogP contribution in [0.2, 0.25) is 0 Å². The van der Waals surface area contributed by atoms with Gasteiger partial charge in [0.2, 0.25) is 5.91 Å². The first-order chi connectivity index (χ1) is 12.0. The fraction of sp³-hybridized carbons (Fsp3) is 0.333. The number of rotatable bonds is 4. The van der Waals surface area contributed by atoms with Gasteiger partial charge in [-0.05, 0) is 37.1 Å². The van der Waals surface area contributed by atoms with Crippen LogP contribution in [0.4, 0.5) is 8.78 Å². The molecule has 1 aliphatic rings. The Labute approximate surface area is 144 Å². The molecule has 2 heterocycles. The Bertz CT molecular complexity index is 747. The van der Waals surface area contributed by atoms with Gasteiger partial charge in [0.25, 0.3) is 0 Å². The molecule has 3 rings (SSSR count). The highest BCUT2D eigenvalue weighted by molar-refractivity contribution is 5.82. The standard InChI is InChI=1S/C18H19F2N3O2/c1-10(23-18(25)16-7-12(24)9-22-16)11-5-6-15(21-8-11)17-13(19)3-2-4-14(17)20/h2-6,8,10,12,16,22,24H,7,9H2,1H3,(H,23,25)/t10-,12?,16?/m0/s1. The van der Waals surface area contributed by atoms with E-state index in [1.54, 1.807) is 13.0 Å². The van der Waals surface area contributed by atoms with Gasteiger partial charge in [0, 0.05) is 12.7 Å².